The Balaban J connectivity index is 1.55. The van der Waals surface area contributed by atoms with Gasteiger partial charge >= 0.3 is 0 Å². The van der Waals surface area contributed by atoms with Crippen molar-refractivity contribution in [3.63, 3.8) is 0 Å². The normalized spacial score (nSPS) is 11.9. The number of carbonyl (C=O) groups excluding carboxylic acids is 1. The number of amides is 1. The van der Waals surface area contributed by atoms with Crippen molar-refractivity contribution in [3.05, 3.63) is 95.3 Å². The summed E-state index contributed by atoms with van der Waals surface area (Å²) < 4.78 is 2.05. The van der Waals surface area contributed by atoms with Crippen molar-refractivity contribution in [2.75, 3.05) is 5.32 Å². The van der Waals surface area contributed by atoms with Gasteiger partial charge < -0.3 is 5.32 Å². The summed E-state index contributed by atoms with van der Waals surface area (Å²) in [5.74, 6) is 1.43. The number of halogens is 1. The number of hydrogen-bond acceptors (Lipinski definition) is 5. The fourth-order valence-electron chi connectivity index (χ4n) is 3.29. The van der Waals surface area contributed by atoms with E-state index in [2.05, 4.69) is 46.7 Å². The smallest absolute Gasteiger partial charge is 0.237 e. The van der Waals surface area contributed by atoms with Crippen LogP contribution in [0.4, 0.5) is 5.69 Å². The molecule has 0 saturated carbocycles. The molecular formula is C26H25ClN4OS2. The highest BCUT2D eigenvalue weighted by atomic mass is 35.5. The molecule has 1 amide bonds. The zero-order valence-electron chi connectivity index (χ0n) is 18.9. The maximum atomic E-state index is 13.0. The predicted octanol–water partition coefficient (Wildman–Crippen LogP) is 7.03. The van der Waals surface area contributed by atoms with Crippen LogP contribution in [0.5, 0.6) is 0 Å². The van der Waals surface area contributed by atoms with Crippen LogP contribution in [-0.4, -0.2) is 25.9 Å². The molecular weight excluding hydrogens is 484 g/mol. The summed E-state index contributed by atoms with van der Waals surface area (Å²) in [6.45, 7) is 4.08. The van der Waals surface area contributed by atoms with E-state index >= 15 is 0 Å². The first kappa shape index (κ1) is 24.4. The van der Waals surface area contributed by atoms with Gasteiger partial charge in [0, 0.05) is 21.3 Å². The number of para-hydroxylation sites is 1. The average molecular weight is 509 g/mol. The van der Waals surface area contributed by atoms with Crippen molar-refractivity contribution in [2.24, 2.45) is 0 Å². The van der Waals surface area contributed by atoms with E-state index in [-0.39, 0.29) is 11.2 Å². The zero-order valence-corrected chi connectivity index (χ0v) is 21.3. The van der Waals surface area contributed by atoms with Crippen molar-refractivity contribution in [1.82, 2.24) is 14.8 Å². The van der Waals surface area contributed by atoms with Crippen LogP contribution in [0.3, 0.4) is 0 Å². The number of carbonyl (C=O) groups is 1. The van der Waals surface area contributed by atoms with E-state index in [4.69, 9.17) is 11.6 Å². The Morgan fingerprint density at radius 2 is 1.71 bits per heavy atom. The standard InChI is InChI=1S/C26H25ClN4OS2/c1-3-23(25(32)28-20-13-11-19(27)12-14-20)34-26-30-29-24(31(26)21-7-5-4-6-8-21)17-33-22-15-9-18(2)10-16-22/h4-16,23H,3,17H2,1-2H3,(H,28,32). The van der Waals surface area contributed by atoms with Crippen LogP contribution in [-0.2, 0) is 10.5 Å². The van der Waals surface area contributed by atoms with Gasteiger partial charge in [-0.05, 0) is 61.9 Å². The molecule has 4 rings (SSSR count). The summed E-state index contributed by atoms with van der Waals surface area (Å²) in [7, 11) is 0. The second-order valence-corrected chi connectivity index (χ2v) is 10.3. The number of rotatable bonds is 9. The van der Waals surface area contributed by atoms with E-state index in [0.29, 0.717) is 28.0 Å². The average Bonchev–Trinajstić information content (AvgIpc) is 3.26. The highest BCUT2D eigenvalue weighted by molar-refractivity contribution is 8.00. The molecule has 1 heterocycles. The lowest BCUT2D eigenvalue weighted by atomic mass is 10.2. The van der Waals surface area contributed by atoms with Crippen LogP contribution >= 0.6 is 35.1 Å². The highest BCUT2D eigenvalue weighted by Gasteiger charge is 2.23. The molecule has 0 saturated heterocycles. The lowest BCUT2D eigenvalue weighted by molar-refractivity contribution is -0.115. The van der Waals surface area contributed by atoms with Gasteiger partial charge in [-0.25, -0.2) is 0 Å². The largest absolute Gasteiger partial charge is 0.325 e. The molecule has 0 spiro atoms. The minimum atomic E-state index is -0.319. The molecule has 1 N–H and O–H groups in total. The third kappa shape index (κ3) is 6.23. The summed E-state index contributed by atoms with van der Waals surface area (Å²) >= 11 is 9.10. The van der Waals surface area contributed by atoms with Crippen LogP contribution in [0.25, 0.3) is 5.69 Å². The number of thioether (sulfide) groups is 2. The van der Waals surface area contributed by atoms with E-state index in [1.165, 1.54) is 22.2 Å². The van der Waals surface area contributed by atoms with Crippen LogP contribution < -0.4 is 5.32 Å². The minimum absolute atomic E-state index is 0.0759. The van der Waals surface area contributed by atoms with Gasteiger partial charge in [-0.3, -0.25) is 9.36 Å². The van der Waals surface area contributed by atoms with Crippen molar-refractivity contribution >= 4 is 46.7 Å². The van der Waals surface area contributed by atoms with Crippen LogP contribution in [0.15, 0.2) is 88.9 Å². The van der Waals surface area contributed by atoms with Gasteiger partial charge in [0.2, 0.25) is 5.91 Å². The van der Waals surface area contributed by atoms with Gasteiger partial charge in [-0.15, -0.1) is 22.0 Å². The third-order valence-electron chi connectivity index (χ3n) is 5.13. The van der Waals surface area contributed by atoms with E-state index in [9.17, 15) is 4.79 Å². The van der Waals surface area contributed by atoms with Gasteiger partial charge in [0.25, 0.3) is 0 Å². The van der Waals surface area contributed by atoms with Gasteiger partial charge in [0.05, 0.1) is 11.0 Å². The fourth-order valence-corrected chi connectivity index (χ4v) is 5.22. The maximum absolute atomic E-state index is 13.0. The van der Waals surface area contributed by atoms with Gasteiger partial charge in [-0.2, -0.15) is 0 Å². The topological polar surface area (TPSA) is 59.8 Å². The van der Waals surface area contributed by atoms with E-state index in [1.807, 2.05) is 41.8 Å². The number of nitrogens with one attached hydrogen (secondary N) is 1. The highest BCUT2D eigenvalue weighted by Crippen LogP contribution is 2.31. The zero-order chi connectivity index (χ0) is 23.9. The Bertz CT molecular complexity index is 1230. The van der Waals surface area contributed by atoms with E-state index in [1.54, 1.807) is 36.0 Å². The Morgan fingerprint density at radius 1 is 1.00 bits per heavy atom. The molecule has 0 aliphatic rings. The minimum Gasteiger partial charge on any atom is -0.325 e. The predicted molar refractivity (Wildman–Crippen MR) is 142 cm³/mol. The number of anilines is 1. The van der Waals surface area contributed by atoms with Crippen molar-refractivity contribution < 1.29 is 4.79 Å². The summed E-state index contributed by atoms with van der Waals surface area (Å²) in [6, 6.07) is 25.6. The first-order chi connectivity index (χ1) is 16.5. The number of hydrogen-bond donors (Lipinski definition) is 1. The lowest BCUT2D eigenvalue weighted by Gasteiger charge is -2.16. The Kier molecular flexibility index (Phi) is 8.32. The van der Waals surface area contributed by atoms with E-state index in [0.717, 1.165) is 11.5 Å². The SMILES string of the molecule is CCC(Sc1nnc(CSc2ccc(C)cc2)n1-c1ccccc1)C(=O)Nc1ccc(Cl)cc1. The molecule has 0 aliphatic heterocycles. The molecule has 0 radical (unpaired) electrons. The molecule has 174 valence electrons. The van der Waals surface area contributed by atoms with E-state index < -0.39 is 0 Å². The molecule has 34 heavy (non-hydrogen) atoms. The maximum Gasteiger partial charge on any atom is 0.237 e. The van der Waals surface area contributed by atoms with Gasteiger partial charge in [0.15, 0.2) is 5.16 Å². The van der Waals surface area contributed by atoms with Gasteiger partial charge in [0.1, 0.15) is 5.82 Å². The first-order valence-corrected chi connectivity index (χ1v) is 13.2. The monoisotopic (exact) mass is 508 g/mol. The molecule has 3 aromatic carbocycles. The molecule has 0 bridgehead atoms. The summed E-state index contributed by atoms with van der Waals surface area (Å²) in [5, 5.41) is 13.0. The Labute approximate surface area is 213 Å². The molecule has 1 aromatic heterocycles. The summed E-state index contributed by atoms with van der Waals surface area (Å²) in [6.07, 6.45) is 0.652. The third-order valence-corrected chi connectivity index (χ3v) is 7.69. The second kappa shape index (κ2) is 11.6. The molecule has 5 nitrogen and oxygen atoms in total. The number of nitrogens with zero attached hydrogens (tertiary/aromatic N) is 3. The van der Waals surface area contributed by atoms with Crippen molar-refractivity contribution in [2.45, 2.75) is 41.3 Å². The molecule has 0 aliphatic carbocycles. The molecule has 0 fully saturated rings. The molecule has 1 unspecified atom stereocenters. The Hall–Kier alpha value is -2.74. The second-order valence-electron chi connectivity index (χ2n) is 7.68. The van der Waals surface area contributed by atoms with Crippen LogP contribution in [0.2, 0.25) is 5.02 Å². The molecule has 1 atom stereocenters. The van der Waals surface area contributed by atoms with Gasteiger partial charge in [-0.1, -0.05) is 66.2 Å². The summed E-state index contributed by atoms with van der Waals surface area (Å²) in [4.78, 5) is 14.2. The fraction of sp³-hybridized carbons (Fsp3) is 0.192. The number of aryl methyl sites for hydroxylation is 1. The number of benzene rings is 3. The lowest BCUT2D eigenvalue weighted by Crippen LogP contribution is -2.25. The van der Waals surface area contributed by atoms with Crippen LogP contribution in [0.1, 0.15) is 24.7 Å². The number of aromatic nitrogens is 3. The van der Waals surface area contributed by atoms with Crippen molar-refractivity contribution in [3.8, 4) is 5.69 Å². The molecule has 8 heteroatoms. The molecule has 4 aromatic rings. The summed E-state index contributed by atoms with van der Waals surface area (Å²) in [5.41, 5.74) is 2.92. The Morgan fingerprint density at radius 3 is 2.38 bits per heavy atom. The quantitative estimate of drug-likeness (QED) is 0.246. The first-order valence-electron chi connectivity index (χ1n) is 11.0. The van der Waals surface area contributed by atoms with Crippen LogP contribution in [0, 0.1) is 6.92 Å². The van der Waals surface area contributed by atoms with Crippen molar-refractivity contribution in [1.29, 1.82) is 0 Å².